The van der Waals surface area contributed by atoms with Gasteiger partial charge in [-0.3, -0.25) is 4.98 Å². The first-order chi connectivity index (χ1) is 10.2. The fourth-order valence-electron chi connectivity index (χ4n) is 2.57. The van der Waals surface area contributed by atoms with E-state index in [-0.39, 0.29) is 0 Å². The fourth-order valence-corrected chi connectivity index (χ4v) is 3.36. The predicted octanol–water partition coefficient (Wildman–Crippen LogP) is 2.98. The molecule has 0 bridgehead atoms. The Morgan fingerprint density at radius 2 is 2.00 bits per heavy atom. The minimum Gasteiger partial charge on any atom is -0.369 e. The van der Waals surface area contributed by atoms with Crippen LogP contribution in [-0.2, 0) is 6.54 Å². The van der Waals surface area contributed by atoms with Gasteiger partial charge in [0.1, 0.15) is 5.52 Å². The third kappa shape index (κ3) is 1.95. The molecule has 5 nitrogen and oxygen atoms in total. The van der Waals surface area contributed by atoms with E-state index in [2.05, 4.69) is 21.0 Å². The van der Waals surface area contributed by atoms with Crippen LogP contribution in [-0.4, -0.2) is 19.5 Å². The number of nitrogens with two attached hydrogens (primary N) is 1. The van der Waals surface area contributed by atoms with Crippen LogP contribution in [0.5, 0.6) is 0 Å². The van der Waals surface area contributed by atoms with Gasteiger partial charge in [0.2, 0.25) is 5.95 Å². The van der Waals surface area contributed by atoms with Crippen LogP contribution in [0.2, 0.25) is 0 Å². The lowest BCUT2D eigenvalue weighted by Crippen LogP contribution is -2.03. The van der Waals surface area contributed by atoms with E-state index in [4.69, 9.17) is 5.73 Å². The highest BCUT2D eigenvalue weighted by atomic mass is 32.1. The van der Waals surface area contributed by atoms with Crippen LogP contribution in [0.25, 0.3) is 21.9 Å². The number of para-hydroxylation sites is 1. The summed E-state index contributed by atoms with van der Waals surface area (Å²) >= 11 is 1.68. The molecule has 21 heavy (non-hydrogen) atoms. The van der Waals surface area contributed by atoms with Gasteiger partial charge in [-0.2, -0.15) is 0 Å². The number of fused-ring (bicyclic) bond motifs is 3. The molecule has 1 aromatic carbocycles. The number of benzene rings is 1. The average molecular weight is 295 g/mol. The van der Waals surface area contributed by atoms with E-state index >= 15 is 0 Å². The molecule has 6 heteroatoms. The molecule has 104 valence electrons. The molecule has 2 N–H and O–H groups in total. The zero-order valence-electron chi connectivity index (χ0n) is 11.4. The van der Waals surface area contributed by atoms with E-state index in [1.807, 2.05) is 35.9 Å². The van der Waals surface area contributed by atoms with Gasteiger partial charge in [-0.05, 0) is 13.0 Å². The number of nitrogen functional groups attached to an aromatic ring is 1. The van der Waals surface area contributed by atoms with Crippen molar-refractivity contribution in [3.05, 3.63) is 46.5 Å². The van der Waals surface area contributed by atoms with Crippen LogP contribution in [0, 0.1) is 6.92 Å². The highest BCUT2D eigenvalue weighted by molar-refractivity contribution is 7.11. The Morgan fingerprint density at radius 3 is 2.81 bits per heavy atom. The Labute approximate surface area is 125 Å². The second-order valence-corrected chi connectivity index (χ2v) is 6.23. The van der Waals surface area contributed by atoms with Crippen molar-refractivity contribution < 1.29 is 0 Å². The largest absolute Gasteiger partial charge is 0.369 e. The Kier molecular flexibility index (Phi) is 2.65. The molecule has 0 radical (unpaired) electrons. The number of pyridine rings is 1. The Hall–Kier alpha value is -2.47. The summed E-state index contributed by atoms with van der Waals surface area (Å²) in [4.78, 5) is 14.3. The SMILES string of the molecule is Cc1ncc(Cn2c(N)nc3cnc4ccccc4c32)s1. The maximum atomic E-state index is 6.11. The van der Waals surface area contributed by atoms with E-state index in [1.54, 1.807) is 17.5 Å². The van der Waals surface area contributed by atoms with Gasteiger partial charge in [-0.1, -0.05) is 18.2 Å². The molecule has 0 aliphatic rings. The number of rotatable bonds is 2. The van der Waals surface area contributed by atoms with Crippen molar-refractivity contribution >= 4 is 39.2 Å². The van der Waals surface area contributed by atoms with Crippen LogP contribution in [0.1, 0.15) is 9.88 Å². The topological polar surface area (TPSA) is 69.6 Å². The van der Waals surface area contributed by atoms with Crippen molar-refractivity contribution in [2.45, 2.75) is 13.5 Å². The maximum absolute atomic E-state index is 6.11. The predicted molar refractivity (Wildman–Crippen MR) is 85.4 cm³/mol. The highest BCUT2D eigenvalue weighted by Gasteiger charge is 2.13. The van der Waals surface area contributed by atoms with E-state index in [1.165, 1.54) is 4.88 Å². The molecule has 0 atom stereocenters. The molecule has 0 aliphatic heterocycles. The summed E-state index contributed by atoms with van der Waals surface area (Å²) in [6, 6.07) is 8.05. The summed E-state index contributed by atoms with van der Waals surface area (Å²) in [5.41, 5.74) is 8.92. The smallest absolute Gasteiger partial charge is 0.201 e. The van der Waals surface area contributed by atoms with E-state index in [9.17, 15) is 0 Å². The summed E-state index contributed by atoms with van der Waals surface area (Å²) in [6.07, 6.45) is 3.68. The number of hydrogen-bond donors (Lipinski definition) is 1. The van der Waals surface area contributed by atoms with Gasteiger partial charge in [0.15, 0.2) is 0 Å². The number of imidazole rings is 1. The summed E-state index contributed by atoms with van der Waals surface area (Å²) in [5.74, 6) is 0.509. The minimum atomic E-state index is 0.509. The van der Waals surface area contributed by atoms with Crippen molar-refractivity contribution in [2.75, 3.05) is 5.73 Å². The Balaban J connectivity index is 1.98. The number of nitrogens with zero attached hydrogens (tertiary/aromatic N) is 4. The second kappa shape index (κ2) is 4.53. The lowest BCUT2D eigenvalue weighted by molar-refractivity contribution is 0.852. The lowest BCUT2D eigenvalue weighted by atomic mass is 10.2. The van der Waals surface area contributed by atoms with Crippen molar-refractivity contribution in [3.63, 3.8) is 0 Å². The molecule has 0 amide bonds. The normalized spacial score (nSPS) is 11.5. The van der Waals surface area contributed by atoms with E-state index in [0.29, 0.717) is 12.5 Å². The van der Waals surface area contributed by atoms with E-state index < -0.39 is 0 Å². The third-order valence-electron chi connectivity index (χ3n) is 3.49. The molecule has 3 heterocycles. The van der Waals surface area contributed by atoms with Gasteiger partial charge in [0, 0.05) is 16.5 Å². The van der Waals surface area contributed by atoms with Crippen molar-refractivity contribution in [1.29, 1.82) is 0 Å². The number of aromatic nitrogens is 4. The molecule has 0 unspecified atom stereocenters. The molecule has 4 aromatic rings. The molecule has 0 spiro atoms. The first-order valence-electron chi connectivity index (χ1n) is 6.63. The average Bonchev–Trinajstić information content (AvgIpc) is 3.03. The van der Waals surface area contributed by atoms with Crippen molar-refractivity contribution in [3.8, 4) is 0 Å². The van der Waals surface area contributed by atoms with Gasteiger partial charge in [0.05, 0.1) is 28.8 Å². The monoisotopic (exact) mass is 295 g/mol. The summed E-state index contributed by atoms with van der Waals surface area (Å²) < 4.78 is 2.03. The van der Waals surface area contributed by atoms with Crippen molar-refractivity contribution in [1.82, 2.24) is 19.5 Å². The van der Waals surface area contributed by atoms with Crippen LogP contribution >= 0.6 is 11.3 Å². The number of aryl methyl sites for hydroxylation is 1. The quantitative estimate of drug-likeness (QED) is 0.617. The fraction of sp³-hybridized carbons (Fsp3) is 0.133. The molecule has 0 aliphatic carbocycles. The summed E-state index contributed by atoms with van der Waals surface area (Å²) in [5, 5.41) is 2.12. The molecule has 0 fully saturated rings. The third-order valence-corrected chi connectivity index (χ3v) is 4.39. The lowest BCUT2D eigenvalue weighted by Gasteiger charge is -2.06. The Morgan fingerprint density at radius 1 is 1.14 bits per heavy atom. The van der Waals surface area contributed by atoms with Gasteiger partial charge >= 0.3 is 0 Å². The van der Waals surface area contributed by atoms with Gasteiger partial charge in [0.25, 0.3) is 0 Å². The molecular formula is C15H13N5S. The minimum absolute atomic E-state index is 0.509. The number of thiazole rings is 1. The van der Waals surface area contributed by atoms with Crippen LogP contribution in [0.3, 0.4) is 0 Å². The van der Waals surface area contributed by atoms with Gasteiger partial charge in [-0.15, -0.1) is 11.3 Å². The zero-order valence-corrected chi connectivity index (χ0v) is 12.3. The van der Waals surface area contributed by atoms with Gasteiger partial charge in [-0.25, -0.2) is 9.97 Å². The highest BCUT2D eigenvalue weighted by Crippen LogP contribution is 2.27. The molecule has 4 rings (SSSR count). The van der Waals surface area contributed by atoms with Crippen LogP contribution in [0.4, 0.5) is 5.95 Å². The summed E-state index contributed by atoms with van der Waals surface area (Å²) in [7, 11) is 0. The molecule has 3 aromatic heterocycles. The number of anilines is 1. The molecular weight excluding hydrogens is 282 g/mol. The standard InChI is InChI=1S/C15H13N5S/c1-9-17-6-10(21-9)8-20-14-11-4-2-3-5-12(11)18-7-13(14)19-15(20)16/h2-7H,8H2,1H3,(H2,16,19). The first kappa shape index (κ1) is 12.3. The molecule has 0 saturated carbocycles. The van der Waals surface area contributed by atoms with Gasteiger partial charge < -0.3 is 10.3 Å². The van der Waals surface area contributed by atoms with Crippen molar-refractivity contribution in [2.24, 2.45) is 0 Å². The maximum Gasteiger partial charge on any atom is 0.201 e. The zero-order chi connectivity index (χ0) is 14.4. The number of hydrogen-bond acceptors (Lipinski definition) is 5. The Bertz CT molecular complexity index is 953. The molecule has 0 saturated heterocycles. The van der Waals surface area contributed by atoms with Crippen LogP contribution in [0.15, 0.2) is 36.7 Å². The first-order valence-corrected chi connectivity index (χ1v) is 7.45. The second-order valence-electron chi connectivity index (χ2n) is 4.91. The summed E-state index contributed by atoms with van der Waals surface area (Å²) in [6.45, 7) is 2.69. The van der Waals surface area contributed by atoms with E-state index in [0.717, 1.165) is 26.9 Å². The van der Waals surface area contributed by atoms with Crippen LogP contribution < -0.4 is 5.73 Å².